The fourth-order valence-electron chi connectivity index (χ4n) is 12.8. The Labute approximate surface area is 377 Å². The average Bonchev–Trinajstić information content (AvgIpc) is 3.73. The second-order valence-corrected chi connectivity index (χ2v) is 25.1. The van der Waals surface area contributed by atoms with Crippen LogP contribution in [0.15, 0.2) is 84.9 Å². The lowest BCUT2D eigenvalue weighted by molar-refractivity contribution is 0.332. The van der Waals surface area contributed by atoms with Crippen LogP contribution >= 0.6 is 11.3 Å². The summed E-state index contributed by atoms with van der Waals surface area (Å²) in [6, 6.07) is 35.0. The van der Waals surface area contributed by atoms with Gasteiger partial charge < -0.3 is 4.90 Å². The Morgan fingerprint density at radius 2 is 1.31 bits per heavy atom. The summed E-state index contributed by atoms with van der Waals surface area (Å²) < 4.78 is 1.46. The molecule has 2 bridgehead atoms. The Hall–Kier alpha value is -4.34. The first-order valence-corrected chi connectivity index (χ1v) is 24.6. The van der Waals surface area contributed by atoms with Gasteiger partial charge in [0.1, 0.15) is 0 Å². The molecule has 3 unspecified atom stereocenters. The van der Waals surface area contributed by atoms with Crippen LogP contribution in [0.25, 0.3) is 21.7 Å². The number of aryl methyl sites for hydroxylation is 1. The van der Waals surface area contributed by atoms with Crippen molar-refractivity contribution in [1.29, 1.82) is 0 Å². The van der Waals surface area contributed by atoms with Gasteiger partial charge in [0, 0.05) is 26.6 Å². The first-order valence-electron chi connectivity index (χ1n) is 23.8. The SMILES string of the molecule is Cc1cc2c3c(c1)N(c1ccc(C(C)(C)C)cc1)c1cc4c(cc1B3c1c(sc3cc5c(cc13)C1(C)CCC(C1)C5C)C(c1ccc(C(C)(C)C)cc1)=C2)C(C)(C)CCC4(C)C. The minimum atomic E-state index is 0.0781. The van der Waals surface area contributed by atoms with Gasteiger partial charge in [0.05, 0.1) is 0 Å². The van der Waals surface area contributed by atoms with Crippen molar-refractivity contribution >= 4 is 73.2 Å². The maximum atomic E-state index is 2.74. The van der Waals surface area contributed by atoms with Crippen molar-refractivity contribution in [2.24, 2.45) is 5.92 Å². The van der Waals surface area contributed by atoms with Crippen LogP contribution in [-0.4, -0.2) is 6.71 Å². The molecule has 0 saturated heterocycles. The van der Waals surface area contributed by atoms with Crippen LogP contribution in [0, 0.1) is 12.8 Å². The Morgan fingerprint density at radius 3 is 1.95 bits per heavy atom. The van der Waals surface area contributed by atoms with E-state index in [1.54, 1.807) is 16.7 Å². The zero-order valence-corrected chi connectivity index (χ0v) is 40.6. The molecule has 3 atom stereocenters. The maximum absolute atomic E-state index is 2.74. The van der Waals surface area contributed by atoms with Crippen molar-refractivity contribution in [3.05, 3.63) is 140 Å². The summed E-state index contributed by atoms with van der Waals surface area (Å²) in [6.45, 7) is 31.5. The number of fused-ring (bicyclic) bond motifs is 11. The van der Waals surface area contributed by atoms with Crippen molar-refractivity contribution < 1.29 is 0 Å². The van der Waals surface area contributed by atoms with Crippen LogP contribution in [-0.2, 0) is 27.1 Å². The number of hydrogen-bond donors (Lipinski definition) is 0. The molecule has 11 rings (SSSR count). The van der Waals surface area contributed by atoms with Gasteiger partial charge in [-0.25, -0.2) is 0 Å². The standard InChI is InChI=1S/C59H66BNS/c1-34-26-38-28-43(36-14-16-39(17-15-36)55(3,4)5)54-53(44-29-45-42(30-51(44)62-54)35(2)37-22-23-59(45,13)33-37)60-48-31-46-47(58(11,12)25-24-57(46,9)10)32-49(48)61(50(27-34)52(38)60)41-20-18-40(19-21-41)56(6,7)8/h14-21,26-32,35,37H,22-25,33H2,1-13H3. The quantitative estimate of drug-likeness (QED) is 0.157. The summed E-state index contributed by atoms with van der Waals surface area (Å²) in [6.07, 6.45) is 8.96. The lowest BCUT2D eigenvalue weighted by Gasteiger charge is -2.45. The first-order chi connectivity index (χ1) is 29.1. The van der Waals surface area contributed by atoms with E-state index in [9.17, 15) is 0 Å². The molecule has 1 nitrogen and oxygen atoms in total. The second-order valence-electron chi connectivity index (χ2n) is 24.1. The molecular formula is C59H66BNS. The second kappa shape index (κ2) is 13.1. The van der Waals surface area contributed by atoms with E-state index in [1.165, 1.54) is 119 Å². The predicted molar refractivity (Wildman–Crippen MR) is 272 cm³/mol. The van der Waals surface area contributed by atoms with Crippen molar-refractivity contribution in [3.63, 3.8) is 0 Å². The predicted octanol–water partition coefficient (Wildman–Crippen LogP) is 14.5. The Morgan fingerprint density at radius 1 is 0.677 bits per heavy atom. The molecule has 1 fully saturated rings. The third kappa shape index (κ3) is 5.92. The molecule has 6 aromatic rings. The van der Waals surface area contributed by atoms with E-state index in [0.29, 0.717) is 5.92 Å². The van der Waals surface area contributed by atoms with Gasteiger partial charge in [0.15, 0.2) is 0 Å². The molecule has 0 radical (unpaired) electrons. The molecule has 1 aromatic heterocycles. The highest BCUT2D eigenvalue weighted by Crippen LogP contribution is 2.57. The van der Waals surface area contributed by atoms with E-state index >= 15 is 0 Å². The average molecular weight is 832 g/mol. The molecule has 0 amide bonds. The van der Waals surface area contributed by atoms with E-state index in [2.05, 4.69) is 197 Å². The minimum absolute atomic E-state index is 0.0781. The van der Waals surface area contributed by atoms with Crippen LogP contribution < -0.4 is 21.3 Å². The van der Waals surface area contributed by atoms with Gasteiger partial charge in [-0.2, -0.15) is 0 Å². The summed E-state index contributed by atoms with van der Waals surface area (Å²) in [7, 11) is 0. The number of anilines is 3. The van der Waals surface area contributed by atoms with Crippen molar-refractivity contribution in [3.8, 4) is 0 Å². The van der Waals surface area contributed by atoms with Crippen LogP contribution in [0.2, 0.25) is 0 Å². The van der Waals surface area contributed by atoms with E-state index in [0.717, 1.165) is 5.92 Å². The van der Waals surface area contributed by atoms with Crippen molar-refractivity contribution in [2.75, 3.05) is 4.90 Å². The smallest absolute Gasteiger partial charge is 0.250 e. The number of nitrogens with zero attached hydrogens (tertiary/aromatic N) is 1. The highest BCUT2D eigenvalue weighted by molar-refractivity contribution is 7.23. The highest BCUT2D eigenvalue weighted by atomic mass is 32.1. The van der Waals surface area contributed by atoms with Gasteiger partial charge >= 0.3 is 0 Å². The third-order valence-electron chi connectivity index (χ3n) is 16.8. The lowest BCUT2D eigenvalue weighted by atomic mass is 9.33. The van der Waals surface area contributed by atoms with E-state index in [4.69, 9.17) is 0 Å². The van der Waals surface area contributed by atoms with Crippen LogP contribution in [0.5, 0.6) is 0 Å². The van der Waals surface area contributed by atoms with Gasteiger partial charge in [-0.05, 0) is 198 Å². The molecule has 5 aliphatic rings. The van der Waals surface area contributed by atoms with Crippen LogP contribution in [0.1, 0.15) is 176 Å². The molecule has 3 aliphatic carbocycles. The van der Waals surface area contributed by atoms with Gasteiger partial charge in [-0.15, -0.1) is 11.3 Å². The Bertz CT molecular complexity index is 2890. The van der Waals surface area contributed by atoms with Gasteiger partial charge in [-0.3, -0.25) is 0 Å². The fraction of sp³-hybridized carbons (Fsp3) is 0.424. The van der Waals surface area contributed by atoms with E-state index in [-0.39, 0.29) is 33.8 Å². The lowest BCUT2D eigenvalue weighted by Crippen LogP contribution is -2.59. The molecule has 3 heteroatoms. The molecule has 1 saturated carbocycles. The zero-order chi connectivity index (χ0) is 43.6. The van der Waals surface area contributed by atoms with E-state index in [1.807, 2.05) is 0 Å². The number of hydrogen-bond acceptors (Lipinski definition) is 2. The van der Waals surface area contributed by atoms with Crippen LogP contribution in [0.3, 0.4) is 0 Å². The Balaban J connectivity index is 1.27. The molecule has 62 heavy (non-hydrogen) atoms. The Kier molecular flexibility index (Phi) is 8.56. The minimum Gasteiger partial charge on any atom is -0.311 e. The summed E-state index contributed by atoms with van der Waals surface area (Å²) in [5, 5.41) is 1.48. The monoisotopic (exact) mass is 832 g/mol. The summed E-state index contributed by atoms with van der Waals surface area (Å²) in [5.74, 6) is 1.40. The van der Waals surface area contributed by atoms with Crippen LogP contribution in [0.4, 0.5) is 17.1 Å². The topological polar surface area (TPSA) is 3.24 Å². The van der Waals surface area contributed by atoms with Gasteiger partial charge in [0.25, 0.3) is 0 Å². The molecular weight excluding hydrogens is 766 g/mol. The summed E-state index contributed by atoms with van der Waals surface area (Å²) in [4.78, 5) is 4.11. The molecule has 316 valence electrons. The molecule has 0 N–H and O–H groups in total. The summed E-state index contributed by atoms with van der Waals surface area (Å²) in [5.41, 5.74) is 23.3. The maximum Gasteiger partial charge on any atom is 0.250 e. The fourth-order valence-corrected chi connectivity index (χ4v) is 14.1. The molecule has 0 spiro atoms. The van der Waals surface area contributed by atoms with Gasteiger partial charge in [0.2, 0.25) is 6.71 Å². The molecule has 5 aromatic carbocycles. The third-order valence-corrected chi connectivity index (χ3v) is 18.0. The highest BCUT2D eigenvalue weighted by Gasteiger charge is 2.48. The number of benzene rings is 5. The normalized spacial score (nSPS) is 23.0. The molecule has 3 heterocycles. The first kappa shape index (κ1) is 40.4. The number of thiophene rings is 1. The van der Waals surface area contributed by atoms with E-state index < -0.39 is 0 Å². The van der Waals surface area contributed by atoms with Crippen molar-refractivity contribution in [2.45, 2.75) is 155 Å². The summed E-state index contributed by atoms with van der Waals surface area (Å²) >= 11 is 2.07. The van der Waals surface area contributed by atoms with Crippen molar-refractivity contribution in [1.82, 2.24) is 0 Å². The number of rotatable bonds is 2. The zero-order valence-electron chi connectivity index (χ0n) is 39.8. The molecule has 2 aliphatic heterocycles. The van der Waals surface area contributed by atoms with Gasteiger partial charge in [-0.1, -0.05) is 132 Å². The largest absolute Gasteiger partial charge is 0.311 e.